The fourth-order valence-electron chi connectivity index (χ4n) is 3.15. The van der Waals surface area contributed by atoms with E-state index in [1.165, 1.54) is 7.11 Å². The van der Waals surface area contributed by atoms with Crippen molar-refractivity contribution in [2.75, 3.05) is 18.6 Å². The molecule has 0 radical (unpaired) electrons. The molecule has 1 aromatic carbocycles. The Morgan fingerprint density at radius 3 is 2.64 bits per heavy atom. The second kappa shape index (κ2) is 7.89. The number of rotatable bonds is 4. The summed E-state index contributed by atoms with van der Waals surface area (Å²) in [5, 5.41) is 0. The van der Waals surface area contributed by atoms with Gasteiger partial charge in [-0.05, 0) is 70.1 Å². The average molecular weight is 347 g/mol. The molecule has 1 atom stereocenters. The number of nitrogens with zero attached hydrogens (tertiary/aromatic N) is 1. The van der Waals surface area contributed by atoms with Gasteiger partial charge in [-0.25, -0.2) is 4.79 Å². The number of fused-ring (bicyclic) bond motifs is 1. The molecule has 0 fully saturated rings. The molecule has 1 amide bonds. The summed E-state index contributed by atoms with van der Waals surface area (Å²) in [6.45, 7) is 8.27. The van der Waals surface area contributed by atoms with E-state index in [-0.39, 0.29) is 12.1 Å². The maximum Gasteiger partial charge on any atom is 0.414 e. The van der Waals surface area contributed by atoms with E-state index in [1.807, 2.05) is 33.8 Å². The number of ether oxygens (including phenoxy) is 2. The first kappa shape index (κ1) is 19.3. The minimum Gasteiger partial charge on any atom is -0.469 e. The molecule has 1 aliphatic rings. The van der Waals surface area contributed by atoms with Crippen LogP contribution in [0.15, 0.2) is 18.2 Å². The topological polar surface area (TPSA) is 55.8 Å². The van der Waals surface area contributed by atoms with Gasteiger partial charge in [-0.3, -0.25) is 9.69 Å². The van der Waals surface area contributed by atoms with E-state index in [0.29, 0.717) is 18.9 Å². The van der Waals surface area contributed by atoms with Gasteiger partial charge >= 0.3 is 12.1 Å². The largest absolute Gasteiger partial charge is 0.469 e. The summed E-state index contributed by atoms with van der Waals surface area (Å²) in [6, 6.07) is 6.21. The van der Waals surface area contributed by atoms with E-state index in [9.17, 15) is 9.59 Å². The minimum atomic E-state index is -0.529. The molecule has 2 rings (SSSR count). The molecule has 1 aliphatic heterocycles. The van der Waals surface area contributed by atoms with Crippen LogP contribution in [-0.4, -0.2) is 31.3 Å². The first-order chi connectivity index (χ1) is 11.7. The third kappa shape index (κ3) is 5.48. The summed E-state index contributed by atoms with van der Waals surface area (Å²) < 4.78 is 10.3. The maximum atomic E-state index is 12.7. The molecular weight excluding hydrogens is 318 g/mol. The fraction of sp³-hybridized carbons (Fsp3) is 0.600. The number of methoxy groups -OCH3 is 1. The number of benzene rings is 1. The number of hydrogen-bond donors (Lipinski definition) is 0. The monoisotopic (exact) mass is 347 g/mol. The molecule has 25 heavy (non-hydrogen) atoms. The number of aryl methyl sites for hydroxylation is 1. The zero-order chi connectivity index (χ0) is 18.6. The van der Waals surface area contributed by atoms with Gasteiger partial charge in [-0.15, -0.1) is 0 Å². The highest BCUT2D eigenvalue weighted by Crippen LogP contribution is 2.33. The molecule has 1 aromatic rings. The lowest BCUT2D eigenvalue weighted by Gasteiger charge is -2.36. The van der Waals surface area contributed by atoms with Crippen LogP contribution in [0.2, 0.25) is 0 Å². The number of carbonyl (C=O) groups is 2. The van der Waals surface area contributed by atoms with Crippen LogP contribution in [0.3, 0.4) is 0 Å². The molecule has 0 saturated carbocycles. The molecular formula is C20H29NO4. The van der Waals surface area contributed by atoms with Crippen molar-refractivity contribution in [3.8, 4) is 0 Å². The maximum absolute atomic E-state index is 12.7. The predicted molar refractivity (Wildman–Crippen MR) is 97.8 cm³/mol. The molecule has 0 saturated heterocycles. The van der Waals surface area contributed by atoms with Crippen LogP contribution in [0, 0.1) is 12.8 Å². The van der Waals surface area contributed by atoms with E-state index in [2.05, 4.69) is 12.1 Å². The highest BCUT2D eigenvalue weighted by molar-refractivity contribution is 5.89. The highest BCUT2D eigenvalue weighted by Gasteiger charge is 2.31. The third-order valence-electron chi connectivity index (χ3n) is 4.32. The standard InChI is InChI=1S/C20H29NO4/c1-14-9-10-16-12-15(7-6-8-18(22)24-5)13-21(17(16)11-14)19(23)25-20(2,3)4/h9-11,15H,6-8,12-13H2,1-5H3/t15-/m1/s1. The molecule has 0 N–H and O–H groups in total. The van der Waals surface area contributed by atoms with Crippen molar-refractivity contribution in [3.63, 3.8) is 0 Å². The Balaban J connectivity index is 2.14. The highest BCUT2D eigenvalue weighted by atomic mass is 16.6. The summed E-state index contributed by atoms with van der Waals surface area (Å²) in [5.74, 6) is 0.128. The number of esters is 1. The quantitative estimate of drug-likeness (QED) is 0.764. The Kier molecular flexibility index (Phi) is 6.09. The number of anilines is 1. The van der Waals surface area contributed by atoms with Gasteiger partial charge in [0.2, 0.25) is 0 Å². The molecule has 5 heteroatoms. The zero-order valence-electron chi connectivity index (χ0n) is 15.9. The van der Waals surface area contributed by atoms with Gasteiger partial charge in [0, 0.05) is 13.0 Å². The van der Waals surface area contributed by atoms with Gasteiger partial charge in [-0.2, -0.15) is 0 Å². The Bertz CT molecular complexity index is 633. The van der Waals surface area contributed by atoms with Gasteiger partial charge in [-0.1, -0.05) is 12.1 Å². The van der Waals surface area contributed by atoms with E-state index in [1.54, 1.807) is 4.90 Å². The fourth-order valence-corrected chi connectivity index (χ4v) is 3.15. The first-order valence-electron chi connectivity index (χ1n) is 8.86. The molecule has 0 spiro atoms. The van der Waals surface area contributed by atoms with Gasteiger partial charge in [0.05, 0.1) is 12.8 Å². The molecule has 0 aliphatic carbocycles. The second-order valence-corrected chi connectivity index (χ2v) is 7.76. The van der Waals surface area contributed by atoms with Gasteiger partial charge in [0.25, 0.3) is 0 Å². The van der Waals surface area contributed by atoms with Gasteiger partial charge in [0.1, 0.15) is 5.60 Å². The lowest BCUT2D eigenvalue weighted by atomic mass is 9.88. The van der Waals surface area contributed by atoms with Crippen LogP contribution >= 0.6 is 0 Å². The normalized spacial score (nSPS) is 17.0. The molecule has 0 unspecified atom stereocenters. The predicted octanol–water partition coefficient (Wildman–Crippen LogP) is 4.25. The molecule has 0 aromatic heterocycles. The molecule has 5 nitrogen and oxygen atoms in total. The Morgan fingerprint density at radius 2 is 2.00 bits per heavy atom. The Hall–Kier alpha value is -2.04. The summed E-state index contributed by atoms with van der Waals surface area (Å²) >= 11 is 0. The molecule has 1 heterocycles. The van der Waals surface area contributed by atoms with Crippen molar-refractivity contribution in [2.24, 2.45) is 5.92 Å². The smallest absolute Gasteiger partial charge is 0.414 e. The zero-order valence-corrected chi connectivity index (χ0v) is 15.9. The van der Waals surface area contributed by atoms with Crippen molar-refractivity contribution < 1.29 is 19.1 Å². The Labute approximate surface area is 150 Å². The summed E-state index contributed by atoms with van der Waals surface area (Å²) in [5.41, 5.74) is 2.69. The van der Waals surface area contributed by atoms with E-state index >= 15 is 0 Å². The summed E-state index contributed by atoms with van der Waals surface area (Å²) in [7, 11) is 1.41. The van der Waals surface area contributed by atoms with Crippen LogP contribution in [0.5, 0.6) is 0 Å². The number of hydrogen-bond acceptors (Lipinski definition) is 4. The number of amides is 1. The second-order valence-electron chi connectivity index (χ2n) is 7.76. The van der Waals surface area contributed by atoms with Gasteiger partial charge in [0.15, 0.2) is 0 Å². The van der Waals surface area contributed by atoms with Crippen LogP contribution in [-0.2, 0) is 20.7 Å². The minimum absolute atomic E-state index is 0.184. The molecule has 138 valence electrons. The van der Waals surface area contributed by atoms with E-state index in [4.69, 9.17) is 9.47 Å². The lowest BCUT2D eigenvalue weighted by Crippen LogP contribution is -2.43. The van der Waals surface area contributed by atoms with Crippen molar-refractivity contribution in [1.82, 2.24) is 0 Å². The molecule has 0 bridgehead atoms. The van der Waals surface area contributed by atoms with Crippen LogP contribution < -0.4 is 4.90 Å². The average Bonchev–Trinajstić information content (AvgIpc) is 2.52. The van der Waals surface area contributed by atoms with Crippen LogP contribution in [0.25, 0.3) is 0 Å². The van der Waals surface area contributed by atoms with Crippen LogP contribution in [0.1, 0.15) is 51.2 Å². The SMILES string of the molecule is COC(=O)CCC[C@@H]1Cc2ccc(C)cc2N(C(=O)OC(C)(C)C)C1. The van der Waals surface area contributed by atoms with Gasteiger partial charge < -0.3 is 9.47 Å². The third-order valence-corrected chi connectivity index (χ3v) is 4.32. The van der Waals surface area contributed by atoms with Crippen molar-refractivity contribution >= 4 is 17.7 Å². The summed E-state index contributed by atoms with van der Waals surface area (Å²) in [4.78, 5) is 25.8. The summed E-state index contributed by atoms with van der Waals surface area (Å²) in [6.07, 6.45) is 2.66. The van der Waals surface area contributed by atoms with Crippen molar-refractivity contribution in [1.29, 1.82) is 0 Å². The lowest BCUT2D eigenvalue weighted by molar-refractivity contribution is -0.140. The van der Waals surface area contributed by atoms with Crippen LogP contribution in [0.4, 0.5) is 10.5 Å². The van der Waals surface area contributed by atoms with Crippen molar-refractivity contribution in [2.45, 2.75) is 59.0 Å². The Morgan fingerprint density at radius 1 is 1.28 bits per heavy atom. The van der Waals surface area contributed by atoms with E-state index in [0.717, 1.165) is 36.1 Å². The van der Waals surface area contributed by atoms with E-state index < -0.39 is 5.60 Å². The van der Waals surface area contributed by atoms with Crippen molar-refractivity contribution in [3.05, 3.63) is 29.3 Å². The first-order valence-corrected chi connectivity index (χ1v) is 8.86. The number of carbonyl (C=O) groups excluding carboxylic acids is 2.